The Kier molecular flexibility index (Phi) is 5.86. The molecule has 1 unspecified atom stereocenters. The average molecular weight is 240 g/mol. The fourth-order valence-corrected chi connectivity index (χ4v) is 2.24. The molecule has 17 heavy (non-hydrogen) atoms. The summed E-state index contributed by atoms with van der Waals surface area (Å²) in [4.78, 5) is 0. The highest BCUT2D eigenvalue weighted by Crippen LogP contribution is 2.17. The Labute approximate surface area is 104 Å². The number of rotatable bonds is 6. The molecule has 0 aromatic heterocycles. The molecular weight excluding hydrogens is 216 g/mol. The predicted molar refractivity (Wildman–Crippen MR) is 66.7 cm³/mol. The largest absolute Gasteiger partial charge is 0.498 e. The van der Waals surface area contributed by atoms with Gasteiger partial charge in [0.05, 0.1) is 12.4 Å². The van der Waals surface area contributed by atoms with Crippen LogP contribution in [0.1, 0.15) is 51.4 Å². The van der Waals surface area contributed by atoms with E-state index in [1.807, 2.05) is 0 Å². The van der Waals surface area contributed by atoms with Gasteiger partial charge in [-0.05, 0) is 51.0 Å². The minimum atomic E-state index is 0.0638. The SMILES string of the molecule is C1=C(CCCCOC2CCCCO2)OCCC1. The molecule has 0 aromatic rings. The summed E-state index contributed by atoms with van der Waals surface area (Å²) in [5.41, 5.74) is 0. The van der Waals surface area contributed by atoms with Crippen LogP contribution in [0.2, 0.25) is 0 Å². The van der Waals surface area contributed by atoms with E-state index in [4.69, 9.17) is 14.2 Å². The van der Waals surface area contributed by atoms with E-state index in [-0.39, 0.29) is 6.29 Å². The van der Waals surface area contributed by atoms with Crippen LogP contribution in [0, 0.1) is 0 Å². The molecule has 0 saturated carbocycles. The summed E-state index contributed by atoms with van der Waals surface area (Å²) in [6.45, 7) is 2.58. The first-order chi connectivity index (χ1) is 8.45. The molecule has 0 amide bonds. The van der Waals surface area contributed by atoms with E-state index >= 15 is 0 Å². The van der Waals surface area contributed by atoms with Crippen LogP contribution >= 0.6 is 0 Å². The highest BCUT2D eigenvalue weighted by Gasteiger charge is 2.13. The first kappa shape index (κ1) is 12.9. The summed E-state index contributed by atoms with van der Waals surface area (Å²) in [7, 11) is 0. The van der Waals surface area contributed by atoms with Crippen LogP contribution < -0.4 is 0 Å². The van der Waals surface area contributed by atoms with Gasteiger partial charge in [0, 0.05) is 19.6 Å². The molecule has 2 rings (SSSR count). The highest BCUT2D eigenvalue weighted by atomic mass is 16.7. The third-order valence-electron chi connectivity index (χ3n) is 3.27. The number of allylic oxidation sites excluding steroid dienone is 2. The monoisotopic (exact) mass is 240 g/mol. The summed E-state index contributed by atoms with van der Waals surface area (Å²) in [5.74, 6) is 1.19. The molecule has 1 fully saturated rings. The Morgan fingerprint density at radius 3 is 2.94 bits per heavy atom. The minimum Gasteiger partial charge on any atom is -0.498 e. The lowest BCUT2D eigenvalue weighted by Crippen LogP contribution is -2.22. The van der Waals surface area contributed by atoms with Crippen molar-refractivity contribution in [2.75, 3.05) is 19.8 Å². The van der Waals surface area contributed by atoms with E-state index in [0.29, 0.717) is 0 Å². The molecule has 1 saturated heterocycles. The van der Waals surface area contributed by atoms with Gasteiger partial charge in [-0.3, -0.25) is 0 Å². The zero-order chi connectivity index (χ0) is 11.8. The van der Waals surface area contributed by atoms with Gasteiger partial charge in [0.15, 0.2) is 6.29 Å². The van der Waals surface area contributed by atoms with Crippen LogP contribution in [-0.4, -0.2) is 26.1 Å². The van der Waals surface area contributed by atoms with Gasteiger partial charge in [-0.1, -0.05) is 0 Å². The lowest BCUT2D eigenvalue weighted by molar-refractivity contribution is -0.162. The Bertz CT molecular complexity index is 232. The van der Waals surface area contributed by atoms with Gasteiger partial charge in [-0.25, -0.2) is 0 Å². The molecule has 0 aromatic carbocycles. The predicted octanol–water partition coefficient (Wildman–Crippen LogP) is 3.39. The molecule has 2 heterocycles. The summed E-state index contributed by atoms with van der Waals surface area (Å²) in [5, 5.41) is 0. The van der Waals surface area contributed by atoms with E-state index in [2.05, 4.69) is 6.08 Å². The fourth-order valence-electron chi connectivity index (χ4n) is 2.24. The zero-order valence-electron chi connectivity index (χ0n) is 10.7. The molecule has 3 nitrogen and oxygen atoms in total. The van der Waals surface area contributed by atoms with Crippen LogP contribution in [0.15, 0.2) is 11.8 Å². The highest BCUT2D eigenvalue weighted by molar-refractivity contribution is 4.95. The van der Waals surface area contributed by atoms with Crippen LogP contribution in [0.3, 0.4) is 0 Å². The van der Waals surface area contributed by atoms with E-state index in [0.717, 1.165) is 45.5 Å². The van der Waals surface area contributed by atoms with Crippen LogP contribution in [-0.2, 0) is 14.2 Å². The smallest absolute Gasteiger partial charge is 0.157 e. The van der Waals surface area contributed by atoms with Crippen LogP contribution in [0.4, 0.5) is 0 Å². The molecule has 2 aliphatic heterocycles. The van der Waals surface area contributed by atoms with Crippen molar-refractivity contribution in [3.63, 3.8) is 0 Å². The lowest BCUT2D eigenvalue weighted by atomic mass is 10.1. The quantitative estimate of drug-likeness (QED) is 0.666. The molecule has 0 radical (unpaired) electrons. The number of ether oxygens (including phenoxy) is 3. The molecule has 1 atom stereocenters. The zero-order valence-corrected chi connectivity index (χ0v) is 10.7. The first-order valence-electron chi connectivity index (χ1n) is 7.00. The van der Waals surface area contributed by atoms with Crippen molar-refractivity contribution in [2.24, 2.45) is 0 Å². The van der Waals surface area contributed by atoms with Gasteiger partial charge in [-0.15, -0.1) is 0 Å². The van der Waals surface area contributed by atoms with Gasteiger partial charge in [0.1, 0.15) is 0 Å². The van der Waals surface area contributed by atoms with Crippen molar-refractivity contribution >= 4 is 0 Å². The first-order valence-corrected chi connectivity index (χ1v) is 7.00. The molecule has 0 N–H and O–H groups in total. The molecule has 2 aliphatic rings. The molecular formula is C14H24O3. The van der Waals surface area contributed by atoms with Crippen molar-refractivity contribution in [1.29, 1.82) is 0 Å². The van der Waals surface area contributed by atoms with Crippen molar-refractivity contribution in [1.82, 2.24) is 0 Å². The third-order valence-corrected chi connectivity index (χ3v) is 3.27. The third kappa shape index (κ3) is 5.09. The Balaban J connectivity index is 1.47. The second kappa shape index (κ2) is 7.72. The van der Waals surface area contributed by atoms with Crippen molar-refractivity contribution in [3.8, 4) is 0 Å². The molecule has 0 aliphatic carbocycles. The van der Waals surface area contributed by atoms with Gasteiger partial charge in [0.2, 0.25) is 0 Å². The van der Waals surface area contributed by atoms with E-state index < -0.39 is 0 Å². The van der Waals surface area contributed by atoms with Gasteiger partial charge >= 0.3 is 0 Å². The summed E-state index contributed by atoms with van der Waals surface area (Å²) < 4.78 is 16.8. The van der Waals surface area contributed by atoms with E-state index in [9.17, 15) is 0 Å². The summed E-state index contributed by atoms with van der Waals surface area (Å²) in [6, 6.07) is 0. The van der Waals surface area contributed by atoms with E-state index in [1.165, 1.54) is 31.4 Å². The van der Waals surface area contributed by atoms with Crippen LogP contribution in [0.5, 0.6) is 0 Å². The molecule has 3 heteroatoms. The number of hydrogen-bond acceptors (Lipinski definition) is 3. The fraction of sp³-hybridized carbons (Fsp3) is 0.857. The number of unbranched alkanes of at least 4 members (excludes halogenated alkanes) is 1. The summed E-state index contributed by atoms with van der Waals surface area (Å²) >= 11 is 0. The molecule has 98 valence electrons. The lowest BCUT2D eigenvalue weighted by Gasteiger charge is -2.22. The number of hydrogen-bond donors (Lipinski definition) is 0. The van der Waals surface area contributed by atoms with Crippen molar-refractivity contribution in [2.45, 2.75) is 57.7 Å². The molecule has 0 spiro atoms. The standard InChI is InChI=1S/C14H24O3/c1-4-10-15-13(7-1)8-2-5-11-16-14-9-3-6-12-17-14/h7,14H,1-6,8-12H2. The van der Waals surface area contributed by atoms with Gasteiger partial charge in [0.25, 0.3) is 0 Å². The van der Waals surface area contributed by atoms with Gasteiger partial charge < -0.3 is 14.2 Å². The summed E-state index contributed by atoms with van der Waals surface area (Å²) in [6.07, 6.45) is 11.5. The molecule has 0 bridgehead atoms. The average Bonchev–Trinajstić information content (AvgIpc) is 2.41. The maximum atomic E-state index is 5.69. The Morgan fingerprint density at radius 2 is 2.18 bits per heavy atom. The Hall–Kier alpha value is -0.540. The van der Waals surface area contributed by atoms with Crippen molar-refractivity contribution in [3.05, 3.63) is 11.8 Å². The maximum Gasteiger partial charge on any atom is 0.157 e. The topological polar surface area (TPSA) is 27.7 Å². The normalized spacial score (nSPS) is 25.2. The second-order valence-corrected chi connectivity index (χ2v) is 4.79. The maximum absolute atomic E-state index is 5.69. The van der Waals surface area contributed by atoms with Crippen molar-refractivity contribution < 1.29 is 14.2 Å². The minimum absolute atomic E-state index is 0.0638. The van der Waals surface area contributed by atoms with Gasteiger partial charge in [-0.2, -0.15) is 0 Å². The second-order valence-electron chi connectivity index (χ2n) is 4.79. The van der Waals surface area contributed by atoms with Crippen LogP contribution in [0.25, 0.3) is 0 Å². The van der Waals surface area contributed by atoms with E-state index in [1.54, 1.807) is 0 Å². The Morgan fingerprint density at radius 1 is 1.18 bits per heavy atom.